The Morgan fingerprint density at radius 3 is 2.61 bits per heavy atom. The van der Waals surface area contributed by atoms with Crippen LogP contribution in [0.2, 0.25) is 0 Å². The van der Waals surface area contributed by atoms with E-state index in [0.717, 1.165) is 29.7 Å². The van der Waals surface area contributed by atoms with Gasteiger partial charge in [0.05, 0.1) is 0 Å². The van der Waals surface area contributed by atoms with Gasteiger partial charge in [-0.15, -0.1) is 0 Å². The van der Waals surface area contributed by atoms with Crippen molar-refractivity contribution in [3.05, 3.63) is 65.2 Å². The van der Waals surface area contributed by atoms with Gasteiger partial charge in [0, 0.05) is 23.7 Å². The van der Waals surface area contributed by atoms with E-state index in [0.29, 0.717) is 23.9 Å². The fraction of sp³-hybridized carbons (Fsp3) is 0.519. The fourth-order valence-electron chi connectivity index (χ4n) is 6.52. The first-order chi connectivity index (χ1) is 15.1. The van der Waals surface area contributed by atoms with Crippen molar-refractivity contribution >= 4 is 11.8 Å². The predicted molar refractivity (Wildman–Crippen MR) is 124 cm³/mol. The number of fused-ring (bicyclic) bond motifs is 4. The predicted octanol–water partition coefficient (Wildman–Crippen LogP) is 5.73. The Hall–Kier alpha value is -2.33. The fourth-order valence-corrected chi connectivity index (χ4v) is 6.52. The average molecular weight is 419 g/mol. The van der Waals surface area contributed by atoms with E-state index in [2.05, 4.69) is 46.6 Å². The summed E-state index contributed by atoms with van der Waals surface area (Å²) < 4.78 is 6.08. The lowest BCUT2D eigenvalue weighted by atomic mass is 9.79. The second kappa shape index (κ2) is 8.66. The number of aryl methyl sites for hydroxylation is 2. The summed E-state index contributed by atoms with van der Waals surface area (Å²) in [6.07, 6.45) is 6.85. The molecule has 2 aromatic rings. The molecule has 31 heavy (non-hydrogen) atoms. The molecule has 3 aliphatic rings. The normalized spacial score (nSPS) is 29.9. The van der Waals surface area contributed by atoms with E-state index in [1.54, 1.807) is 0 Å². The number of anilines is 1. The maximum Gasteiger partial charge on any atom is 0.411 e. The van der Waals surface area contributed by atoms with Gasteiger partial charge in [0.15, 0.2) is 0 Å². The van der Waals surface area contributed by atoms with Crippen LogP contribution < -0.4 is 5.32 Å². The smallest absolute Gasteiger partial charge is 0.411 e. The molecular weight excluding hydrogens is 384 g/mol. The molecule has 2 aromatic carbocycles. The van der Waals surface area contributed by atoms with Crippen LogP contribution in [0.4, 0.5) is 10.5 Å². The van der Waals surface area contributed by atoms with Crippen LogP contribution in [-0.4, -0.2) is 35.7 Å². The van der Waals surface area contributed by atoms with E-state index in [1.807, 2.05) is 26.0 Å². The van der Waals surface area contributed by atoms with Crippen molar-refractivity contribution in [3.63, 3.8) is 0 Å². The number of hydrogen-bond donors (Lipinski definition) is 1. The zero-order chi connectivity index (χ0) is 21.4. The summed E-state index contributed by atoms with van der Waals surface area (Å²) in [7, 11) is 0. The van der Waals surface area contributed by atoms with Crippen molar-refractivity contribution in [1.29, 1.82) is 0 Å². The molecule has 164 valence electrons. The first-order valence-electron chi connectivity index (χ1n) is 11.9. The number of nitrogens with one attached hydrogen (secondary N) is 1. The summed E-state index contributed by atoms with van der Waals surface area (Å²) in [6, 6.07) is 18.1. The van der Waals surface area contributed by atoms with Gasteiger partial charge in [-0.1, -0.05) is 42.8 Å². The van der Waals surface area contributed by atoms with Crippen LogP contribution in [-0.2, 0) is 11.2 Å². The van der Waals surface area contributed by atoms with Crippen molar-refractivity contribution in [2.45, 2.75) is 70.6 Å². The van der Waals surface area contributed by atoms with Gasteiger partial charge in [-0.3, -0.25) is 10.2 Å². The molecule has 1 aliphatic carbocycles. The molecule has 2 bridgehead atoms. The molecule has 2 heterocycles. The molecule has 0 unspecified atom stereocenters. The van der Waals surface area contributed by atoms with Crippen LogP contribution in [0.3, 0.4) is 0 Å². The Balaban J connectivity index is 1.30. The summed E-state index contributed by atoms with van der Waals surface area (Å²) in [6.45, 7) is 5.29. The van der Waals surface area contributed by atoms with Gasteiger partial charge in [0.25, 0.3) is 0 Å². The third kappa shape index (κ3) is 4.36. The van der Waals surface area contributed by atoms with E-state index >= 15 is 0 Å². The molecule has 4 nitrogen and oxygen atoms in total. The monoisotopic (exact) mass is 418 g/mol. The largest absolute Gasteiger partial charge is 0.446 e. The maximum atomic E-state index is 12.8. The summed E-state index contributed by atoms with van der Waals surface area (Å²) in [5.74, 6) is 1.08. The molecule has 0 spiro atoms. The Kier molecular flexibility index (Phi) is 5.75. The molecule has 4 heteroatoms. The highest BCUT2D eigenvalue weighted by atomic mass is 16.6. The topological polar surface area (TPSA) is 41.6 Å². The molecule has 0 radical (unpaired) electrons. The van der Waals surface area contributed by atoms with Crippen molar-refractivity contribution < 1.29 is 9.53 Å². The Morgan fingerprint density at radius 1 is 1.06 bits per heavy atom. The molecule has 0 aromatic heterocycles. The molecule has 1 saturated carbocycles. The number of amides is 1. The first kappa shape index (κ1) is 20.6. The molecule has 1 N–H and O–H groups in total. The van der Waals surface area contributed by atoms with Gasteiger partial charge in [0.1, 0.15) is 6.10 Å². The SMILES string of the molecule is Cc1cc(C)cc(NC(=O)O[C@@H]2C[C@H]3C[C@@H]2[C@H]2CCCCN2[C@H]3Cc2ccccc2)c1. The minimum Gasteiger partial charge on any atom is -0.446 e. The second-order valence-electron chi connectivity index (χ2n) is 9.90. The number of hydrogen-bond acceptors (Lipinski definition) is 3. The van der Waals surface area contributed by atoms with Crippen LogP contribution in [0.1, 0.15) is 48.8 Å². The highest BCUT2D eigenvalue weighted by Gasteiger charge is 2.52. The molecule has 2 aliphatic heterocycles. The highest BCUT2D eigenvalue weighted by Crippen LogP contribution is 2.49. The minimum atomic E-state index is -0.301. The van der Waals surface area contributed by atoms with Gasteiger partial charge in [0.2, 0.25) is 0 Å². The second-order valence-corrected chi connectivity index (χ2v) is 9.90. The Morgan fingerprint density at radius 2 is 1.84 bits per heavy atom. The zero-order valence-electron chi connectivity index (χ0n) is 18.7. The van der Waals surface area contributed by atoms with Crippen molar-refractivity contribution in [3.8, 4) is 0 Å². The van der Waals surface area contributed by atoms with E-state index < -0.39 is 0 Å². The van der Waals surface area contributed by atoms with Crippen molar-refractivity contribution in [1.82, 2.24) is 4.90 Å². The van der Waals surface area contributed by atoms with E-state index in [1.165, 1.54) is 37.8 Å². The van der Waals surface area contributed by atoms with Gasteiger partial charge in [-0.2, -0.15) is 0 Å². The van der Waals surface area contributed by atoms with Gasteiger partial charge in [-0.05, 0) is 87.2 Å². The summed E-state index contributed by atoms with van der Waals surface area (Å²) in [5.41, 5.74) is 4.54. The lowest BCUT2D eigenvalue weighted by Gasteiger charge is -2.49. The minimum absolute atomic E-state index is 0.0299. The number of rotatable bonds is 4. The maximum absolute atomic E-state index is 12.8. The number of nitrogens with zero attached hydrogens (tertiary/aromatic N) is 1. The van der Waals surface area contributed by atoms with E-state index in [-0.39, 0.29) is 12.2 Å². The number of piperidine rings is 2. The van der Waals surface area contributed by atoms with Crippen LogP contribution in [0.15, 0.2) is 48.5 Å². The summed E-state index contributed by atoms with van der Waals surface area (Å²) >= 11 is 0. The lowest BCUT2D eigenvalue weighted by molar-refractivity contribution is -0.0144. The standard InChI is InChI=1S/C27H34N2O2/c1-18-12-19(2)14-22(13-18)28-27(30)31-26-17-21-16-23(26)24-10-6-7-11-29(24)25(21)15-20-8-4-3-5-9-20/h3-5,8-9,12-14,21,23-26H,6-7,10-11,15-17H2,1-2H3,(H,28,30)/t21-,23-,24-,25+,26-/m1/s1. The third-order valence-electron chi connectivity index (χ3n) is 7.66. The molecule has 3 fully saturated rings. The summed E-state index contributed by atoms with van der Waals surface area (Å²) in [4.78, 5) is 15.5. The van der Waals surface area contributed by atoms with Crippen molar-refractivity contribution in [2.24, 2.45) is 11.8 Å². The van der Waals surface area contributed by atoms with E-state index in [4.69, 9.17) is 4.74 Å². The highest BCUT2D eigenvalue weighted by molar-refractivity contribution is 5.85. The molecule has 1 amide bonds. The molecule has 2 saturated heterocycles. The summed E-state index contributed by atoms with van der Waals surface area (Å²) in [5, 5.41) is 2.98. The van der Waals surface area contributed by atoms with Gasteiger partial charge >= 0.3 is 6.09 Å². The van der Waals surface area contributed by atoms with Crippen LogP contribution in [0.5, 0.6) is 0 Å². The van der Waals surface area contributed by atoms with Gasteiger partial charge in [-0.25, -0.2) is 4.79 Å². The van der Waals surface area contributed by atoms with E-state index in [9.17, 15) is 4.79 Å². The van der Waals surface area contributed by atoms with Gasteiger partial charge < -0.3 is 4.74 Å². The Bertz CT molecular complexity index is 908. The van der Waals surface area contributed by atoms with Crippen molar-refractivity contribution in [2.75, 3.05) is 11.9 Å². The molecular formula is C27H34N2O2. The lowest BCUT2D eigenvalue weighted by Crippen LogP contribution is -2.55. The Labute approximate surface area is 186 Å². The quantitative estimate of drug-likeness (QED) is 0.690. The van der Waals surface area contributed by atoms with Crippen LogP contribution in [0, 0.1) is 25.7 Å². The third-order valence-corrected chi connectivity index (χ3v) is 7.66. The molecule has 5 atom stereocenters. The first-order valence-corrected chi connectivity index (χ1v) is 11.9. The number of ether oxygens (including phenoxy) is 1. The number of carbonyl (C=O) groups is 1. The average Bonchev–Trinajstić information content (AvgIpc) is 3.10. The zero-order valence-corrected chi connectivity index (χ0v) is 18.7. The number of benzene rings is 2. The molecule has 5 rings (SSSR count). The van der Waals surface area contributed by atoms with Crippen LogP contribution >= 0.6 is 0 Å². The van der Waals surface area contributed by atoms with Crippen LogP contribution in [0.25, 0.3) is 0 Å². The number of carbonyl (C=O) groups excluding carboxylic acids is 1.